The van der Waals surface area contributed by atoms with Crippen molar-refractivity contribution >= 4 is 15.5 Å². The van der Waals surface area contributed by atoms with Crippen LogP contribution in [-0.4, -0.2) is 24.2 Å². The van der Waals surface area contributed by atoms with Crippen LogP contribution in [0.15, 0.2) is 35.7 Å². The largest absolute Gasteiger partial charge is 0.502 e. The summed E-state index contributed by atoms with van der Waals surface area (Å²) >= 11 is 0. The molecule has 0 aromatic heterocycles. The van der Waals surface area contributed by atoms with Crippen LogP contribution in [-0.2, 0) is 9.84 Å². The average molecular weight is 243 g/mol. The van der Waals surface area contributed by atoms with E-state index in [0.29, 0.717) is 0 Å². The SMILES string of the molecule is C=CCS(=O)(=O)c1ccc(O)c([N+](=O)[O-])c1. The van der Waals surface area contributed by atoms with Crippen molar-refractivity contribution in [3.8, 4) is 5.75 Å². The first kappa shape index (κ1) is 12.2. The Kier molecular flexibility index (Phi) is 3.28. The van der Waals surface area contributed by atoms with Crippen molar-refractivity contribution in [1.29, 1.82) is 0 Å². The molecule has 0 saturated heterocycles. The van der Waals surface area contributed by atoms with Gasteiger partial charge >= 0.3 is 5.69 Å². The van der Waals surface area contributed by atoms with Crippen molar-refractivity contribution in [2.24, 2.45) is 0 Å². The lowest BCUT2D eigenvalue weighted by atomic mass is 10.3. The summed E-state index contributed by atoms with van der Waals surface area (Å²) in [7, 11) is -3.62. The highest BCUT2D eigenvalue weighted by Gasteiger charge is 2.19. The molecule has 7 heteroatoms. The molecule has 6 nitrogen and oxygen atoms in total. The number of hydrogen-bond acceptors (Lipinski definition) is 5. The summed E-state index contributed by atoms with van der Waals surface area (Å²) in [6.07, 6.45) is 1.19. The molecular weight excluding hydrogens is 234 g/mol. The highest BCUT2D eigenvalue weighted by Crippen LogP contribution is 2.28. The van der Waals surface area contributed by atoms with E-state index in [-0.39, 0.29) is 10.6 Å². The zero-order valence-corrected chi connectivity index (χ0v) is 8.98. The molecule has 1 rings (SSSR count). The molecule has 0 fully saturated rings. The van der Waals surface area contributed by atoms with Gasteiger partial charge in [-0.25, -0.2) is 8.42 Å². The third kappa shape index (κ3) is 2.37. The fraction of sp³-hybridized carbons (Fsp3) is 0.111. The van der Waals surface area contributed by atoms with Crippen LogP contribution in [0.3, 0.4) is 0 Å². The molecule has 0 saturated carbocycles. The Morgan fingerprint density at radius 3 is 2.62 bits per heavy atom. The molecule has 0 heterocycles. The number of rotatable bonds is 4. The standard InChI is InChI=1S/C9H9NO5S/c1-2-5-16(14,15)7-3-4-9(11)8(6-7)10(12)13/h2-4,6,11H,1,5H2. The number of sulfone groups is 1. The van der Waals surface area contributed by atoms with E-state index < -0.39 is 26.2 Å². The number of nitro groups is 1. The highest BCUT2D eigenvalue weighted by atomic mass is 32.2. The molecule has 0 aliphatic heterocycles. The quantitative estimate of drug-likeness (QED) is 0.487. The normalized spacial score (nSPS) is 11.0. The minimum atomic E-state index is -3.62. The van der Waals surface area contributed by atoms with Gasteiger partial charge in [-0.2, -0.15) is 0 Å². The van der Waals surface area contributed by atoms with Crippen LogP contribution in [0, 0.1) is 10.1 Å². The lowest BCUT2D eigenvalue weighted by Crippen LogP contribution is -2.05. The second-order valence-electron chi connectivity index (χ2n) is 2.98. The maximum absolute atomic E-state index is 11.5. The van der Waals surface area contributed by atoms with E-state index in [0.717, 1.165) is 18.2 Å². The highest BCUT2D eigenvalue weighted by molar-refractivity contribution is 7.91. The van der Waals surface area contributed by atoms with E-state index >= 15 is 0 Å². The number of benzene rings is 1. The maximum Gasteiger partial charge on any atom is 0.311 e. The molecule has 0 unspecified atom stereocenters. The molecule has 0 aliphatic rings. The van der Waals surface area contributed by atoms with Gasteiger partial charge in [-0.15, -0.1) is 6.58 Å². The molecule has 0 spiro atoms. The molecule has 0 aliphatic carbocycles. The van der Waals surface area contributed by atoms with Crippen molar-refractivity contribution in [2.75, 3.05) is 5.75 Å². The maximum atomic E-state index is 11.5. The summed E-state index contributed by atoms with van der Waals surface area (Å²) in [6, 6.07) is 2.92. The van der Waals surface area contributed by atoms with Gasteiger partial charge in [0, 0.05) is 6.07 Å². The second kappa shape index (κ2) is 4.31. The molecule has 0 amide bonds. The Labute approximate surface area is 91.9 Å². The Hall–Kier alpha value is -1.89. The van der Waals surface area contributed by atoms with Crippen molar-refractivity contribution in [1.82, 2.24) is 0 Å². The molecule has 1 aromatic rings. The molecule has 0 atom stereocenters. The summed E-state index contributed by atoms with van der Waals surface area (Å²) in [4.78, 5) is 9.43. The topological polar surface area (TPSA) is 97.5 Å². The predicted molar refractivity (Wildman–Crippen MR) is 57.0 cm³/mol. The smallest absolute Gasteiger partial charge is 0.311 e. The molecular formula is C9H9NO5S. The minimum Gasteiger partial charge on any atom is -0.502 e. The number of phenolic OH excluding ortho intramolecular Hbond substituents is 1. The Morgan fingerprint density at radius 2 is 2.12 bits per heavy atom. The van der Waals surface area contributed by atoms with Crippen LogP contribution in [0.2, 0.25) is 0 Å². The number of phenols is 1. The van der Waals surface area contributed by atoms with Crippen LogP contribution in [0.4, 0.5) is 5.69 Å². The summed E-state index contributed by atoms with van der Waals surface area (Å²) in [5.41, 5.74) is -0.634. The van der Waals surface area contributed by atoms with E-state index in [1.165, 1.54) is 6.08 Å². The van der Waals surface area contributed by atoms with Gasteiger partial charge < -0.3 is 5.11 Å². The zero-order chi connectivity index (χ0) is 12.3. The number of hydrogen-bond donors (Lipinski definition) is 1. The molecule has 1 aromatic carbocycles. The second-order valence-corrected chi connectivity index (χ2v) is 5.01. The van der Waals surface area contributed by atoms with E-state index in [1.54, 1.807) is 0 Å². The molecule has 0 bridgehead atoms. The Bertz CT molecular complexity index is 535. The first-order valence-electron chi connectivity index (χ1n) is 4.19. The van der Waals surface area contributed by atoms with Gasteiger partial charge in [-0.3, -0.25) is 10.1 Å². The van der Waals surface area contributed by atoms with Crippen LogP contribution >= 0.6 is 0 Å². The Morgan fingerprint density at radius 1 is 1.50 bits per heavy atom. The fourth-order valence-corrected chi connectivity index (χ4v) is 2.16. The number of nitro benzene ring substituents is 1. The van der Waals surface area contributed by atoms with Gasteiger partial charge in [0.25, 0.3) is 0 Å². The predicted octanol–water partition coefficient (Wildman–Crippen LogP) is 1.26. The lowest BCUT2D eigenvalue weighted by molar-refractivity contribution is -0.386. The van der Waals surface area contributed by atoms with Gasteiger partial charge in [0.2, 0.25) is 0 Å². The van der Waals surface area contributed by atoms with Gasteiger partial charge in [0.15, 0.2) is 15.6 Å². The van der Waals surface area contributed by atoms with Crippen LogP contribution in [0.1, 0.15) is 0 Å². The first-order valence-corrected chi connectivity index (χ1v) is 5.85. The summed E-state index contributed by atoms with van der Waals surface area (Å²) in [5.74, 6) is -0.878. The van der Waals surface area contributed by atoms with Gasteiger partial charge in [-0.1, -0.05) is 6.08 Å². The average Bonchev–Trinajstić information content (AvgIpc) is 2.17. The summed E-state index contributed by atoms with van der Waals surface area (Å²) in [5, 5.41) is 19.6. The zero-order valence-electron chi connectivity index (χ0n) is 8.16. The van der Waals surface area contributed by atoms with Crippen molar-refractivity contribution in [3.05, 3.63) is 41.0 Å². The third-order valence-corrected chi connectivity index (χ3v) is 3.49. The lowest BCUT2D eigenvalue weighted by Gasteiger charge is -2.02. The molecule has 0 radical (unpaired) electrons. The number of aromatic hydroxyl groups is 1. The van der Waals surface area contributed by atoms with E-state index in [2.05, 4.69) is 6.58 Å². The van der Waals surface area contributed by atoms with Gasteiger partial charge in [0.05, 0.1) is 15.6 Å². The van der Waals surface area contributed by atoms with E-state index in [1.807, 2.05) is 0 Å². The molecule has 86 valence electrons. The monoisotopic (exact) mass is 243 g/mol. The number of nitrogens with zero attached hydrogens (tertiary/aromatic N) is 1. The third-order valence-electron chi connectivity index (χ3n) is 1.84. The molecule has 1 N–H and O–H groups in total. The van der Waals surface area contributed by atoms with Crippen molar-refractivity contribution in [2.45, 2.75) is 4.90 Å². The van der Waals surface area contributed by atoms with Gasteiger partial charge in [0.1, 0.15) is 0 Å². The van der Waals surface area contributed by atoms with Crippen LogP contribution < -0.4 is 0 Å². The van der Waals surface area contributed by atoms with Crippen molar-refractivity contribution in [3.63, 3.8) is 0 Å². The van der Waals surface area contributed by atoms with Crippen molar-refractivity contribution < 1.29 is 18.4 Å². The minimum absolute atomic E-state index is 0.211. The Balaban J connectivity index is 3.33. The van der Waals surface area contributed by atoms with E-state index in [9.17, 15) is 18.5 Å². The summed E-state index contributed by atoms with van der Waals surface area (Å²) < 4.78 is 23.1. The van der Waals surface area contributed by atoms with Gasteiger partial charge in [-0.05, 0) is 12.1 Å². The van der Waals surface area contributed by atoms with Crippen LogP contribution in [0.25, 0.3) is 0 Å². The van der Waals surface area contributed by atoms with Crippen LogP contribution in [0.5, 0.6) is 5.75 Å². The summed E-state index contributed by atoms with van der Waals surface area (Å²) in [6.45, 7) is 3.28. The fourth-order valence-electron chi connectivity index (χ4n) is 1.09. The molecule has 16 heavy (non-hydrogen) atoms. The first-order chi connectivity index (χ1) is 7.38. The van der Waals surface area contributed by atoms with E-state index in [4.69, 9.17) is 5.11 Å².